The van der Waals surface area contributed by atoms with Crippen molar-refractivity contribution in [3.8, 4) is 0 Å². The van der Waals surface area contributed by atoms with Crippen molar-refractivity contribution in [1.29, 1.82) is 0 Å². The standard InChI is InChI=1S/C18H22ClN3O3S2/c1-18(2,3)17-20-12-15(26-17)16(23)21-7-9-22(10-8-21)27(24,25)14-6-4-5-13(19)11-14/h4-6,11-12H,7-10H2,1-3H3. The Hall–Kier alpha value is -1.48. The zero-order valence-corrected chi connectivity index (χ0v) is 17.9. The van der Waals surface area contributed by atoms with Crippen molar-refractivity contribution in [2.75, 3.05) is 26.2 Å². The number of sulfonamides is 1. The van der Waals surface area contributed by atoms with Gasteiger partial charge in [-0.1, -0.05) is 38.4 Å². The zero-order valence-electron chi connectivity index (χ0n) is 15.5. The van der Waals surface area contributed by atoms with E-state index in [9.17, 15) is 13.2 Å². The SMILES string of the molecule is CC(C)(C)c1ncc(C(=O)N2CCN(S(=O)(=O)c3cccc(Cl)c3)CC2)s1. The van der Waals surface area contributed by atoms with Crippen LogP contribution >= 0.6 is 22.9 Å². The first-order chi connectivity index (χ1) is 12.6. The molecule has 2 heterocycles. The van der Waals surface area contributed by atoms with Gasteiger partial charge in [0.15, 0.2) is 0 Å². The molecule has 9 heteroatoms. The number of benzene rings is 1. The summed E-state index contributed by atoms with van der Waals surface area (Å²) in [6.45, 7) is 7.37. The molecule has 0 radical (unpaired) electrons. The Morgan fingerprint density at radius 3 is 2.41 bits per heavy atom. The number of carbonyl (C=O) groups excluding carboxylic acids is 1. The van der Waals surface area contributed by atoms with Crippen LogP contribution in [0.1, 0.15) is 35.5 Å². The Balaban J connectivity index is 1.68. The van der Waals surface area contributed by atoms with E-state index in [4.69, 9.17) is 11.6 Å². The molecule has 0 saturated carbocycles. The molecule has 0 atom stereocenters. The van der Waals surface area contributed by atoms with Gasteiger partial charge in [0.05, 0.1) is 16.1 Å². The molecule has 1 fully saturated rings. The third kappa shape index (κ3) is 4.34. The van der Waals surface area contributed by atoms with Gasteiger partial charge in [0, 0.05) is 36.6 Å². The molecule has 3 rings (SSSR count). The lowest BCUT2D eigenvalue weighted by molar-refractivity contribution is 0.0702. The van der Waals surface area contributed by atoms with Crippen LogP contribution in [0.5, 0.6) is 0 Å². The highest BCUT2D eigenvalue weighted by Gasteiger charge is 2.31. The number of piperazine rings is 1. The van der Waals surface area contributed by atoms with Crippen molar-refractivity contribution in [1.82, 2.24) is 14.2 Å². The van der Waals surface area contributed by atoms with Crippen molar-refractivity contribution in [2.24, 2.45) is 0 Å². The summed E-state index contributed by atoms with van der Waals surface area (Å²) in [5, 5.41) is 1.29. The molecule has 1 saturated heterocycles. The van der Waals surface area contributed by atoms with E-state index in [0.717, 1.165) is 5.01 Å². The van der Waals surface area contributed by atoms with Crippen molar-refractivity contribution in [2.45, 2.75) is 31.1 Å². The highest BCUT2D eigenvalue weighted by Crippen LogP contribution is 2.28. The summed E-state index contributed by atoms with van der Waals surface area (Å²) in [7, 11) is -3.61. The zero-order chi connectivity index (χ0) is 19.8. The van der Waals surface area contributed by atoms with E-state index >= 15 is 0 Å². The summed E-state index contributed by atoms with van der Waals surface area (Å²) >= 11 is 7.31. The Labute approximate surface area is 168 Å². The minimum atomic E-state index is -3.61. The molecule has 0 bridgehead atoms. The van der Waals surface area contributed by atoms with Crippen LogP contribution in [-0.2, 0) is 15.4 Å². The number of amides is 1. The van der Waals surface area contributed by atoms with E-state index in [2.05, 4.69) is 25.8 Å². The van der Waals surface area contributed by atoms with Gasteiger partial charge < -0.3 is 4.90 Å². The maximum atomic E-state index is 12.8. The molecule has 0 spiro atoms. The second kappa shape index (κ2) is 7.50. The maximum Gasteiger partial charge on any atom is 0.265 e. The smallest absolute Gasteiger partial charge is 0.265 e. The van der Waals surface area contributed by atoms with E-state index in [1.54, 1.807) is 23.2 Å². The number of hydrogen-bond acceptors (Lipinski definition) is 5. The summed E-state index contributed by atoms with van der Waals surface area (Å²) in [6, 6.07) is 6.23. The van der Waals surface area contributed by atoms with Crippen LogP contribution < -0.4 is 0 Å². The minimum Gasteiger partial charge on any atom is -0.335 e. The molecule has 0 N–H and O–H groups in total. The van der Waals surface area contributed by atoms with Gasteiger partial charge in [-0.05, 0) is 18.2 Å². The third-order valence-corrected chi connectivity index (χ3v) is 7.86. The number of nitrogens with zero attached hydrogens (tertiary/aromatic N) is 3. The first-order valence-electron chi connectivity index (χ1n) is 8.60. The summed E-state index contributed by atoms with van der Waals surface area (Å²) < 4.78 is 26.9. The Bertz CT molecular complexity index is 943. The monoisotopic (exact) mass is 427 g/mol. The Morgan fingerprint density at radius 1 is 1.19 bits per heavy atom. The maximum absolute atomic E-state index is 12.8. The molecule has 2 aromatic rings. The second-order valence-corrected chi connectivity index (χ2v) is 10.8. The van der Waals surface area contributed by atoms with Crippen LogP contribution in [0.25, 0.3) is 0 Å². The highest BCUT2D eigenvalue weighted by molar-refractivity contribution is 7.89. The molecular formula is C18H22ClN3O3S2. The lowest BCUT2D eigenvalue weighted by Crippen LogP contribution is -2.50. The van der Waals surface area contributed by atoms with E-state index in [0.29, 0.717) is 23.0 Å². The van der Waals surface area contributed by atoms with Crippen LogP contribution in [0.15, 0.2) is 35.4 Å². The molecule has 6 nitrogen and oxygen atoms in total. The Kier molecular flexibility index (Phi) is 5.63. The molecule has 0 unspecified atom stereocenters. The van der Waals surface area contributed by atoms with E-state index in [1.807, 2.05) is 0 Å². The fourth-order valence-electron chi connectivity index (χ4n) is 2.78. The lowest BCUT2D eigenvalue weighted by atomic mass is 9.98. The van der Waals surface area contributed by atoms with E-state index < -0.39 is 10.0 Å². The van der Waals surface area contributed by atoms with E-state index in [1.165, 1.54) is 27.8 Å². The fourth-order valence-corrected chi connectivity index (χ4v) is 5.45. The predicted molar refractivity (Wildman–Crippen MR) is 107 cm³/mol. The molecular weight excluding hydrogens is 406 g/mol. The number of thiazole rings is 1. The number of halogens is 1. The fraction of sp³-hybridized carbons (Fsp3) is 0.444. The quantitative estimate of drug-likeness (QED) is 0.753. The number of carbonyl (C=O) groups is 1. The van der Waals surface area contributed by atoms with Gasteiger partial charge in [0.25, 0.3) is 5.91 Å². The Morgan fingerprint density at radius 2 is 1.85 bits per heavy atom. The second-order valence-electron chi connectivity index (χ2n) is 7.43. The molecule has 1 aliphatic heterocycles. The first-order valence-corrected chi connectivity index (χ1v) is 11.2. The number of aromatic nitrogens is 1. The molecule has 1 aromatic heterocycles. The summed E-state index contributed by atoms with van der Waals surface area (Å²) in [5.74, 6) is -0.0946. The minimum absolute atomic E-state index is 0.0946. The van der Waals surface area contributed by atoms with Gasteiger partial charge in [0.1, 0.15) is 4.88 Å². The summed E-state index contributed by atoms with van der Waals surface area (Å²) in [5.41, 5.74) is -0.104. The molecule has 1 aromatic carbocycles. The third-order valence-electron chi connectivity index (χ3n) is 4.32. The number of hydrogen-bond donors (Lipinski definition) is 0. The normalized spacial score (nSPS) is 16.5. The molecule has 0 aliphatic carbocycles. The number of rotatable bonds is 3. The van der Waals surface area contributed by atoms with Gasteiger partial charge in [-0.15, -0.1) is 11.3 Å². The molecule has 146 valence electrons. The van der Waals surface area contributed by atoms with Gasteiger partial charge >= 0.3 is 0 Å². The highest BCUT2D eigenvalue weighted by atomic mass is 35.5. The van der Waals surface area contributed by atoms with Gasteiger partial charge in [-0.3, -0.25) is 4.79 Å². The van der Waals surface area contributed by atoms with Gasteiger partial charge in [-0.25, -0.2) is 13.4 Å². The van der Waals surface area contributed by atoms with Crippen molar-refractivity contribution < 1.29 is 13.2 Å². The van der Waals surface area contributed by atoms with Crippen molar-refractivity contribution in [3.63, 3.8) is 0 Å². The van der Waals surface area contributed by atoms with Crippen LogP contribution in [0.2, 0.25) is 5.02 Å². The van der Waals surface area contributed by atoms with Crippen molar-refractivity contribution in [3.05, 3.63) is 45.4 Å². The van der Waals surface area contributed by atoms with E-state index in [-0.39, 0.29) is 29.3 Å². The van der Waals surface area contributed by atoms with Crippen LogP contribution in [0.4, 0.5) is 0 Å². The first kappa shape index (κ1) is 20.3. The van der Waals surface area contributed by atoms with Crippen molar-refractivity contribution >= 4 is 38.9 Å². The average Bonchev–Trinajstić information content (AvgIpc) is 3.12. The summed E-state index contributed by atoms with van der Waals surface area (Å²) in [4.78, 5) is 19.5. The topological polar surface area (TPSA) is 70.6 Å². The van der Waals surface area contributed by atoms with Gasteiger partial charge in [0.2, 0.25) is 10.0 Å². The molecule has 27 heavy (non-hydrogen) atoms. The van der Waals surface area contributed by atoms with Crippen LogP contribution in [-0.4, -0.2) is 54.7 Å². The predicted octanol–water partition coefficient (Wildman–Crippen LogP) is 3.24. The van der Waals surface area contributed by atoms with Crippen LogP contribution in [0, 0.1) is 0 Å². The average molecular weight is 428 g/mol. The van der Waals surface area contributed by atoms with Crippen LogP contribution in [0.3, 0.4) is 0 Å². The lowest BCUT2D eigenvalue weighted by Gasteiger charge is -2.33. The van der Waals surface area contributed by atoms with Gasteiger partial charge in [-0.2, -0.15) is 4.31 Å². The molecule has 1 amide bonds. The molecule has 1 aliphatic rings. The summed E-state index contributed by atoms with van der Waals surface area (Å²) in [6.07, 6.45) is 1.61. The largest absolute Gasteiger partial charge is 0.335 e.